The lowest BCUT2D eigenvalue weighted by molar-refractivity contribution is 0.196. The van der Waals surface area contributed by atoms with E-state index in [-0.39, 0.29) is 17.1 Å². The van der Waals surface area contributed by atoms with Gasteiger partial charge in [0, 0.05) is 32.2 Å². The maximum Gasteiger partial charge on any atom is 0.317 e. The van der Waals surface area contributed by atoms with Crippen LogP contribution in [0.2, 0.25) is 0 Å². The molecule has 1 aromatic heterocycles. The molecule has 0 atom stereocenters. The van der Waals surface area contributed by atoms with Gasteiger partial charge in [-0.1, -0.05) is 12.8 Å². The Balaban J connectivity index is 1.59. The van der Waals surface area contributed by atoms with E-state index < -0.39 is 10.0 Å². The lowest BCUT2D eigenvalue weighted by atomic mass is 10.2. The molecule has 128 valence electrons. The lowest BCUT2D eigenvalue weighted by Gasteiger charge is -2.23. The van der Waals surface area contributed by atoms with Crippen LogP contribution in [0.3, 0.4) is 0 Å². The Labute approximate surface area is 136 Å². The van der Waals surface area contributed by atoms with Crippen LogP contribution in [-0.4, -0.2) is 65.8 Å². The molecule has 1 aliphatic carbocycles. The second kappa shape index (κ2) is 6.88. The van der Waals surface area contributed by atoms with Crippen LogP contribution in [0.1, 0.15) is 32.1 Å². The Hall–Kier alpha value is -1.61. The molecule has 1 saturated heterocycles. The summed E-state index contributed by atoms with van der Waals surface area (Å²) in [7, 11) is -3.56. The van der Waals surface area contributed by atoms with Crippen LogP contribution >= 0.6 is 0 Å². The maximum absolute atomic E-state index is 12.5. The van der Waals surface area contributed by atoms with E-state index in [2.05, 4.69) is 15.3 Å². The number of hydrogen-bond acceptors (Lipinski definition) is 4. The van der Waals surface area contributed by atoms with Crippen molar-refractivity contribution in [2.75, 3.05) is 26.2 Å². The van der Waals surface area contributed by atoms with Gasteiger partial charge in [0.25, 0.3) is 10.0 Å². The van der Waals surface area contributed by atoms with Crippen molar-refractivity contribution in [3.05, 3.63) is 12.5 Å². The van der Waals surface area contributed by atoms with E-state index in [1.807, 2.05) is 0 Å². The number of amides is 2. The fourth-order valence-corrected chi connectivity index (χ4v) is 4.56. The van der Waals surface area contributed by atoms with E-state index >= 15 is 0 Å². The topological polar surface area (TPSA) is 98.4 Å². The van der Waals surface area contributed by atoms with Crippen molar-refractivity contribution in [2.45, 2.75) is 43.2 Å². The SMILES string of the molecule is O=C(NC1CCCC1)N1CCCN(S(=O)(=O)c2cnc[nH]2)CC1. The normalized spacial score (nSPS) is 21.3. The molecule has 2 N–H and O–H groups in total. The number of hydrogen-bond donors (Lipinski definition) is 2. The molecule has 23 heavy (non-hydrogen) atoms. The highest BCUT2D eigenvalue weighted by molar-refractivity contribution is 7.89. The summed E-state index contributed by atoms with van der Waals surface area (Å²) < 4.78 is 26.4. The highest BCUT2D eigenvalue weighted by Crippen LogP contribution is 2.19. The van der Waals surface area contributed by atoms with Crippen molar-refractivity contribution in [3.8, 4) is 0 Å². The molecule has 2 amide bonds. The number of rotatable bonds is 3. The van der Waals surface area contributed by atoms with Crippen LogP contribution in [0.15, 0.2) is 17.6 Å². The van der Waals surface area contributed by atoms with Gasteiger partial charge in [0.1, 0.15) is 0 Å². The van der Waals surface area contributed by atoms with Gasteiger partial charge in [0.2, 0.25) is 0 Å². The van der Waals surface area contributed by atoms with Crippen molar-refractivity contribution >= 4 is 16.1 Å². The number of urea groups is 1. The molecule has 0 spiro atoms. The number of carbonyl (C=O) groups is 1. The lowest BCUT2D eigenvalue weighted by Crippen LogP contribution is -2.45. The fourth-order valence-electron chi connectivity index (χ4n) is 3.20. The molecule has 2 fully saturated rings. The first-order chi connectivity index (χ1) is 11.1. The summed E-state index contributed by atoms with van der Waals surface area (Å²) in [6.07, 6.45) is 7.71. The molecule has 9 heteroatoms. The van der Waals surface area contributed by atoms with Gasteiger partial charge in [-0.3, -0.25) is 0 Å². The average molecular weight is 341 g/mol. The number of carbonyl (C=O) groups excluding carboxylic acids is 1. The summed E-state index contributed by atoms with van der Waals surface area (Å²) in [5.74, 6) is 0. The van der Waals surface area contributed by atoms with Gasteiger partial charge < -0.3 is 15.2 Å². The van der Waals surface area contributed by atoms with E-state index in [1.165, 1.54) is 29.7 Å². The molecular formula is C14H23N5O3S. The number of sulfonamides is 1. The number of nitrogens with zero attached hydrogens (tertiary/aromatic N) is 3. The average Bonchev–Trinajstić information content (AvgIpc) is 3.17. The van der Waals surface area contributed by atoms with E-state index in [9.17, 15) is 13.2 Å². The van der Waals surface area contributed by atoms with Crippen LogP contribution in [0.5, 0.6) is 0 Å². The summed E-state index contributed by atoms with van der Waals surface area (Å²) in [4.78, 5) is 20.5. The number of H-pyrrole nitrogens is 1. The van der Waals surface area contributed by atoms with Gasteiger partial charge >= 0.3 is 6.03 Å². The number of aromatic amines is 1. The summed E-state index contributed by atoms with van der Waals surface area (Å²) >= 11 is 0. The molecule has 1 aromatic rings. The zero-order valence-corrected chi connectivity index (χ0v) is 13.9. The Morgan fingerprint density at radius 2 is 1.96 bits per heavy atom. The Kier molecular flexibility index (Phi) is 4.86. The molecule has 2 aliphatic rings. The molecule has 0 aromatic carbocycles. The second-order valence-corrected chi connectivity index (χ2v) is 8.00. The molecule has 3 rings (SSSR count). The largest absolute Gasteiger partial charge is 0.335 e. The zero-order valence-electron chi connectivity index (χ0n) is 13.1. The number of nitrogens with one attached hydrogen (secondary N) is 2. The Morgan fingerprint density at radius 3 is 2.65 bits per heavy atom. The molecule has 0 radical (unpaired) electrons. The molecule has 1 saturated carbocycles. The highest BCUT2D eigenvalue weighted by Gasteiger charge is 2.29. The van der Waals surface area contributed by atoms with Crippen LogP contribution in [0.4, 0.5) is 4.79 Å². The Morgan fingerprint density at radius 1 is 1.17 bits per heavy atom. The van der Waals surface area contributed by atoms with Crippen molar-refractivity contribution in [3.63, 3.8) is 0 Å². The highest BCUT2D eigenvalue weighted by atomic mass is 32.2. The molecule has 1 aliphatic heterocycles. The first-order valence-electron chi connectivity index (χ1n) is 8.11. The standard InChI is InChI=1S/C14H23N5O3S/c20-14(17-12-4-1-2-5-12)18-6-3-7-19(9-8-18)23(21,22)13-10-15-11-16-13/h10-12H,1-9H2,(H,15,16)(H,17,20). The quantitative estimate of drug-likeness (QED) is 0.848. The van der Waals surface area contributed by atoms with Gasteiger partial charge in [-0.05, 0) is 19.3 Å². The van der Waals surface area contributed by atoms with Crippen molar-refractivity contribution in [1.82, 2.24) is 24.5 Å². The zero-order chi connectivity index (χ0) is 16.3. The molecule has 0 unspecified atom stereocenters. The van der Waals surface area contributed by atoms with Gasteiger partial charge in [0.05, 0.1) is 12.5 Å². The summed E-state index contributed by atoms with van der Waals surface area (Å²) in [5, 5.41) is 3.16. The third-order valence-corrected chi connectivity index (χ3v) is 6.34. The third-order valence-electron chi connectivity index (χ3n) is 4.52. The van der Waals surface area contributed by atoms with E-state index in [0.717, 1.165) is 12.8 Å². The van der Waals surface area contributed by atoms with E-state index in [0.29, 0.717) is 32.6 Å². The van der Waals surface area contributed by atoms with Crippen molar-refractivity contribution in [2.24, 2.45) is 0 Å². The van der Waals surface area contributed by atoms with Gasteiger partial charge in [-0.25, -0.2) is 18.2 Å². The van der Waals surface area contributed by atoms with Crippen molar-refractivity contribution in [1.29, 1.82) is 0 Å². The predicted octanol–water partition coefficient (Wildman–Crippen LogP) is 0.758. The monoisotopic (exact) mass is 341 g/mol. The van der Waals surface area contributed by atoms with Gasteiger partial charge in [-0.15, -0.1) is 0 Å². The number of imidazole rings is 1. The summed E-state index contributed by atoms with van der Waals surface area (Å²) in [6, 6.07) is 0.202. The van der Waals surface area contributed by atoms with Crippen LogP contribution in [0, 0.1) is 0 Å². The number of aromatic nitrogens is 2. The molecule has 2 heterocycles. The predicted molar refractivity (Wildman–Crippen MR) is 84.3 cm³/mol. The van der Waals surface area contributed by atoms with Gasteiger partial charge in [0.15, 0.2) is 5.03 Å². The van der Waals surface area contributed by atoms with E-state index in [1.54, 1.807) is 4.90 Å². The second-order valence-electron chi connectivity index (χ2n) is 6.09. The smallest absolute Gasteiger partial charge is 0.317 e. The minimum Gasteiger partial charge on any atom is -0.335 e. The summed E-state index contributed by atoms with van der Waals surface area (Å²) in [6.45, 7) is 1.70. The minimum atomic E-state index is -3.56. The van der Waals surface area contributed by atoms with Crippen LogP contribution in [0.25, 0.3) is 0 Å². The first kappa shape index (κ1) is 16.3. The Bertz CT molecular complexity index is 625. The van der Waals surface area contributed by atoms with Crippen LogP contribution < -0.4 is 5.32 Å². The minimum absolute atomic E-state index is 0.0716. The molecular weight excluding hydrogens is 318 g/mol. The molecule has 8 nitrogen and oxygen atoms in total. The van der Waals surface area contributed by atoms with Crippen LogP contribution in [-0.2, 0) is 10.0 Å². The van der Waals surface area contributed by atoms with Crippen molar-refractivity contribution < 1.29 is 13.2 Å². The van der Waals surface area contributed by atoms with E-state index in [4.69, 9.17) is 0 Å². The van der Waals surface area contributed by atoms with Gasteiger partial charge in [-0.2, -0.15) is 4.31 Å². The fraction of sp³-hybridized carbons (Fsp3) is 0.714. The molecule has 0 bridgehead atoms. The maximum atomic E-state index is 12.5. The third kappa shape index (κ3) is 3.66. The first-order valence-corrected chi connectivity index (χ1v) is 9.55. The summed E-state index contributed by atoms with van der Waals surface area (Å²) in [5.41, 5.74) is 0.